The first-order chi connectivity index (χ1) is 13.0. The van der Waals surface area contributed by atoms with Gasteiger partial charge < -0.3 is 0 Å². The van der Waals surface area contributed by atoms with Gasteiger partial charge in [0, 0.05) is 24.0 Å². The quantitative estimate of drug-likeness (QED) is 0.307. The molecule has 28 heavy (non-hydrogen) atoms. The number of alkyl halides is 6. The fraction of sp³-hybridized carbons (Fsp3) is 0.300. The van der Waals surface area contributed by atoms with Crippen LogP contribution in [0.25, 0.3) is 0 Å². The van der Waals surface area contributed by atoms with E-state index in [1.165, 1.54) is 0 Å². The third kappa shape index (κ3) is 5.94. The van der Waals surface area contributed by atoms with Gasteiger partial charge in [-0.05, 0) is 37.1 Å². The van der Waals surface area contributed by atoms with E-state index in [1.54, 1.807) is 0 Å². The molecule has 2 rings (SSSR count). The summed E-state index contributed by atoms with van der Waals surface area (Å²) in [6.07, 6.45) is -8.14. The average molecular weight is 402 g/mol. The van der Waals surface area contributed by atoms with Gasteiger partial charge in [-0.15, -0.1) is 0 Å². The van der Waals surface area contributed by atoms with Gasteiger partial charge >= 0.3 is 12.4 Å². The van der Waals surface area contributed by atoms with Crippen molar-refractivity contribution in [1.82, 2.24) is 0 Å². The van der Waals surface area contributed by atoms with E-state index in [4.69, 9.17) is 0 Å². The molecular formula is C20H16F6O2. The fourth-order valence-electron chi connectivity index (χ4n) is 2.55. The predicted octanol–water partition coefficient (Wildman–Crippen LogP) is 6.35. The van der Waals surface area contributed by atoms with E-state index >= 15 is 0 Å². The van der Waals surface area contributed by atoms with Crippen molar-refractivity contribution >= 4 is 11.6 Å². The van der Waals surface area contributed by atoms with E-state index in [2.05, 4.69) is 0 Å². The largest absolute Gasteiger partial charge is 0.416 e. The van der Waals surface area contributed by atoms with Gasteiger partial charge in [0.2, 0.25) is 0 Å². The van der Waals surface area contributed by atoms with Gasteiger partial charge in [0.1, 0.15) is 0 Å². The highest BCUT2D eigenvalue weighted by atomic mass is 19.4. The molecule has 2 nitrogen and oxygen atoms in total. The molecule has 0 bridgehead atoms. The lowest BCUT2D eigenvalue weighted by Gasteiger charge is -2.08. The van der Waals surface area contributed by atoms with Crippen molar-refractivity contribution in [2.24, 2.45) is 0 Å². The summed E-state index contributed by atoms with van der Waals surface area (Å²) in [5.41, 5.74) is -1.37. The molecule has 0 heterocycles. The van der Waals surface area contributed by atoms with Gasteiger partial charge in [0.05, 0.1) is 11.1 Å². The fourth-order valence-corrected chi connectivity index (χ4v) is 2.55. The molecule has 0 saturated carbocycles. The van der Waals surface area contributed by atoms with Crippen LogP contribution in [0.5, 0.6) is 0 Å². The zero-order valence-corrected chi connectivity index (χ0v) is 14.5. The summed E-state index contributed by atoms with van der Waals surface area (Å²) in [5.74, 6) is -0.675. The Morgan fingerprint density at radius 1 is 0.571 bits per heavy atom. The summed E-state index contributed by atoms with van der Waals surface area (Å²) in [4.78, 5) is 24.0. The molecule has 0 N–H and O–H groups in total. The molecule has 0 spiro atoms. The molecule has 0 atom stereocenters. The molecule has 0 fully saturated rings. The van der Waals surface area contributed by atoms with Crippen molar-refractivity contribution < 1.29 is 35.9 Å². The minimum absolute atomic E-state index is 0.0612. The number of carbonyl (C=O) groups excluding carboxylic acids is 2. The van der Waals surface area contributed by atoms with Crippen LogP contribution < -0.4 is 0 Å². The number of rotatable bonds is 7. The van der Waals surface area contributed by atoms with Gasteiger partial charge in [0.25, 0.3) is 0 Å². The SMILES string of the molecule is O=C(CCCCC(=O)c1ccc(C(F)(F)F)cc1)c1ccc(C(F)(F)F)cc1. The highest BCUT2D eigenvalue weighted by Crippen LogP contribution is 2.30. The Morgan fingerprint density at radius 2 is 0.857 bits per heavy atom. The Bertz CT molecular complexity index is 746. The number of halogens is 6. The van der Waals surface area contributed by atoms with Crippen molar-refractivity contribution in [2.75, 3.05) is 0 Å². The number of hydrogen-bond acceptors (Lipinski definition) is 2. The number of unbranched alkanes of at least 4 members (excludes halogenated alkanes) is 1. The molecular weight excluding hydrogens is 386 g/mol. The molecule has 0 aliphatic rings. The van der Waals surface area contributed by atoms with Crippen LogP contribution in [0.15, 0.2) is 48.5 Å². The number of Topliss-reactive ketones (excluding diaryl/α,β-unsaturated/α-hetero) is 2. The minimum atomic E-state index is -4.47. The third-order valence-electron chi connectivity index (χ3n) is 4.13. The van der Waals surface area contributed by atoms with Crippen molar-refractivity contribution in [1.29, 1.82) is 0 Å². The summed E-state index contributed by atoms with van der Waals surface area (Å²) in [7, 11) is 0. The maximum atomic E-state index is 12.5. The predicted molar refractivity (Wildman–Crippen MR) is 90.0 cm³/mol. The van der Waals surface area contributed by atoms with Crippen LogP contribution in [-0.4, -0.2) is 11.6 Å². The van der Waals surface area contributed by atoms with Crippen LogP contribution in [0.1, 0.15) is 57.5 Å². The highest BCUT2D eigenvalue weighted by molar-refractivity contribution is 5.97. The van der Waals surface area contributed by atoms with E-state index in [-0.39, 0.29) is 35.5 Å². The van der Waals surface area contributed by atoms with Gasteiger partial charge in [-0.3, -0.25) is 9.59 Å². The minimum Gasteiger partial charge on any atom is -0.294 e. The standard InChI is InChI=1S/C20H16F6O2/c21-19(22,23)15-9-5-13(6-10-15)17(27)3-1-2-4-18(28)14-7-11-16(12-8-14)20(24,25)26/h5-12H,1-4H2. The summed E-state index contributed by atoms with van der Waals surface area (Å²) in [6.45, 7) is 0. The second-order valence-corrected chi connectivity index (χ2v) is 6.20. The maximum absolute atomic E-state index is 12.5. The summed E-state index contributed by atoms with van der Waals surface area (Å²) in [5, 5.41) is 0. The molecule has 0 amide bonds. The summed E-state index contributed by atoms with van der Waals surface area (Å²) in [6, 6.07) is 7.78. The lowest BCUT2D eigenvalue weighted by Crippen LogP contribution is -2.07. The zero-order valence-electron chi connectivity index (χ0n) is 14.5. The third-order valence-corrected chi connectivity index (χ3v) is 4.13. The maximum Gasteiger partial charge on any atom is 0.416 e. The Labute approximate surface area is 157 Å². The Kier molecular flexibility index (Phi) is 6.64. The second kappa shape index (κ2) is 8.58. The van der Waals surface area contributed by atoms with Crippen molar-refractivity contribution in [3.05, 3.63) is 70.8 Å². The van der Waals surface area contributed by atoms with Crippen LogP contribution in [-0.2, 0) is 12.4 Å². The first kappa shape index (κ1) is 21.7. The first-order valence-corrected chi connectivity index (χ1v) is 8.39. The lowest BCUT2D eigenvalue weighted by molar-refractivity contribution is -0.138. The van der Waals surface area contributed by atoms with Crippen LogP contribution >= 0.6 is 0 Å². The van der Waals surface area contributed by atoms with E-state index < -0.39 is 23.5 Å². The lowest BCUT2D eigenvalue weighted by atomic mass is 10.0. The molecule has 0 radical (unpaired) electrons. The van der Waals surface area contributed by atoms with Crippen LogP contribution in [0, 0.1) is 0 Å². The molecule has 0 aromatic heterocycles. The second-order valence-electron chi connectivity index (χ2n) is 6.20. The Balaban J connectivity index is 1.80. The van der Waals surface area contributed by atoms with Gasteiger partial charge in [-0.2, -0.15) is 26.3 Å². The topological polar surface area (TPSA) is 34.1 Å². The molecule has 2 aromatic rings. The number of benzene rings is 2. The van der Waals surface area contributed by atoms with E-state index in [1.807, 2.05) is 0 Å². The molecule has 0 aliphatic carbocycles. The molecule has 8 heteroatoms. The van der Waals surface area contributed by atoms with E-state index in [9.17, 15) is 35.9 Å². The first-order valence-electron chi connectivity index (χ1n) is 8.39. The molecule has 150 valence electrons. The smallest absolute Gasteiger partial charge is 0.294 e. The molecule has 0 aliphatic heterocycles. The van der Waals surface area contributed by atoms with Crippen LogP contribution in [0.3, 0.4) is 0 Å². The normalized spacial score (nSPS) is 12.1. The van der Waals surface area contributed by atoms with Crippen LogP contribution in [0.2, 0.25) is 0 Å². The number of ketones is 2. The Hall–Kier alpha value is -2.64. The molecule has 0 saturated heterocycles. The molecule has 2 aromatic carbocycles. The summed E-state index contributed by atoms with van der Waals surface area (Å²) < 4.78 is 75.0. The van der Waals surface area contributed by atoms with E-state index in [0.717, 1.165) is 48.5 Å². The number of carbonyl (C=O) groups is 2. The van der Waals surface area contributed by atoms with Crippen molar-refractivity contribution in [3.8, 4) is 0 Å². The molecule has 0 unspecified atom stereocenters. The monoisotopic (exact) mass is 402 g/mol. The van der Waals surface area contributed by atoms with Crippen LogP contribution in [0.4, 0.5) is 26.3 Å². The Morgan fingerprint density at radius 3 is 1.11 bits per heavy atom. The van der Waals surface area contributed by atoms with Crippen molar-refractivity contribution in [3.63, 3.8) is 0 Å². The van der Waals surface area contributed by atoms with Gasteiger partial charge in [-0.25, -0.2) is 0 Å². The zero-order chi connectivity index (χ0) is 20.9. The highest BCUT2D eigenvalue weighted by Gasteiger charge is 2.31. The van der Waals surface area contributed by atoms with E-state index in [0.29, 0.717) is 12.8 Å². The van der Waals surface area contributed by atoms with Gasteiger partial charge in [-0.1, -0.05) is 24.3 Å². The average Bonchev–Trinajstić information content (AvgIpc) is 2.63. The summed E-state index contributed by atoms with van der Waals surface area (Å²) >= 11 is 0. The van der Waals surface area contributed by atoms with Gasteiger partial charge in [0.15, 0.2) is 11.6 Å². The van der Waals surface area contributed by atoms with Crippen molar-refractivity contribution in [2.45, 2.75) is 38.0 Å². The number of hydrogen-bond donors (Lipinski definition) is 0.